The summed E-state index contributed by atoms with van der Waals surface area (Å²) in [4.78, 5) is 24.3. The molecule has 6 nitrogen and oxygen atoms in total. The quantitative estimate of drug-likeness (QED) is 0.701. The predicted octanol–water partition coefficient (Wildman–Crippen LogP) is 3.35. The number of anilines is 1. The smallest absolute Gasteiger partial charge is 0.251 e. The fourth-order valence-electron chi connectivity index (χ4n) is 2.37. The molecule has 0 saturated carbocycles. The second-order valence-corrected chi connectivity index (χ2v) is 6.75. The molecule has 2 N–H and O–H groups in total. The normalized spacial score (nSPS) is 11.6. The molecule has 0 aliphatic rings. The topological polar surface area (TPSA) is 84.0 Å². The van der Waals surface area contributed by atoms with Gasteiger partial charge in [-0.1, -0.05) is 59.9 Å². The summed E-state index contributed by atoms with van der Waals surface area (Å²) in [7, 11) is 0. The summed E-state index contributed by atoms with van der Waals surface area (Å²) >= 11 is 1.31. The van der Waals surface area contributed by atoms with E-state index in [1.165, 1.54) is 11.3 Å². The Morgan fingerprint density at radius 2 is 1.65 bits per heavy atom. The molecule has 132 valence electrons. The molecule has 3 aromatic rings. The minimum absolute atomic E-state index is 0.152. The van der Waals surface area contributed by atoms with Crippen LogP contribution in [0.25, 0.3) is 10.6 Å². The van der Waals surface area contributed by atoms with Gasteiger partial charge in [0.2, 0.25) is 11.0 Å². The van der Waals surface area contributed by atoms with Gasteiger partial charge >= 0.3 is 0 Å². The number of carbonyl (C=O) groups excluding carboxylic acids is 2. The first-order valence-electron chi connectivity index (χ1n) is 8.16. The third-order valence-corrected chi connectivity index (χ3v) is 4.48. The molecule has 0 aliphatic heterocycles. The van der Waals surface area contributed by atoms with E-state index in [4.69, 9.17) is 0 Å². The number of benzene rings is 2. The van der Waals surface area contributed by atoms with Crippen LogP contribution in [0.15, 0.2) is 60.7 Å². The van der Waals surface area contributed by atoms with Crippen LogP contribution in [0.4, 0.5) is 5.13 Å². The van der Waals surface area contributed by atoms with Crippen molar-refractivity contribution in [2.24, 2.45) is 0 Å². The van der Waals surface area contributed by atoms with Gasteiger partial charge in [-0.05, 0) is 19.1 Å². The van der Waals surface area contributed by atoms with Gasteiger partial charge in [0, 0.05) is 23.6 Å². The zero-order valence-corrected chi connectivity index (χ0v) is 15.0. The van der Waals surface area contributed by atoms with Crippen molar-refractivity contribution in [3.8, 4) is 10.6 Å². The first-order chi connectivity index (χ1) is 12.6. The summed E-state index contributed by atoms with van der Waals surface area (Å²) in [5.41, 5.74) is 1.52. The van der Waals surface area contributed by atoms with Crippen molar-refractivity contribution in [2.45, 2.75) is 19.4 Å². The standard InChI is InChI=1S/C19H18N4O2S/c1-13(20-17(25)14-8-4-2-5-9-14)12-16(24)21-19-23-22-18(26-19)15-10-6-3-7-11-15/h2-11,13H,12H2,1H3,(H,20,25)(H,21,23,24). The van der Waals surface area contributed by atoms with Gasteiger partial charge in [-0.15, -0.1) is 10.2 Å². The number of aromatic nitrogens is 2. The Labute approximate surface area is 155 Å². The van der Waals surface area contributed by atoms with Gasteiger partial charge in [0.25, 0.3) is 5.91 Å². The van der Waals surface area contributed by atoms with Gasteiger partial charge < -0.3 is 10.6 Å². The Hall–Kier alpha value is -3.06. The lowest BCUT2D eigenvalue weighted by Gasteiger charge is -2.13. The number of hydrogen-bond acceptors (Lipinski definition) is 5. The van der Waals surface area contributed by atoms with Gasteiger partial charge in [0.15, 0.2) is 0 Å². The van der Waals surface area contributed by atoms with E-state index in [9.17, 15) is 9.59 Å². The Morgan fingerprint density at radius 1 is 1.00 bits per heavy atom. The summed E-state index contributed by atoms with van der Waals surface area (Å²) in [5, 5.41) is 14.8. The lowest BCUT2D eigenvalue weighted by molar-refractivity contribution is -0.116. The van der Waals surface area contributed by atoms with Crippen LogP contribution < -0.4 is 10.6 Å². The molecule has 0 fully saturated rings. The summed E-state index contributed by atoms with van der Waals surface area (Å²) in [5.74, 6) is -0.421. The predicted molar refractivity (Wildman–Crippen MR) is 102 cm³/mol. The van der Waals surface area contributed by atoms with Crippen molar-refractivity contribution in [2.75, 3.05) is 5.32 Å². The fourth-order valence-corrected chi connectivity index (χ4v) is 3.13. The van der Waals surface area contributed by atoms with E-state index in [1.54, 1.807) is 31.2 Å². The van der Waals surface area contributed by atoms with Crippen LogP contribution in [0.5, 0.6) is 0 Å². The van der Waals surface area contributed by atoms with Crippen LogP contribution in [0.2, 0.25) is 0 Å². The maximum atomic E-state index is 12.2. The molecule has 0 saturated heterocycles. The van der Waals surface area contributed by atoms with E-state index in [0.29, 0.717) is 10.7 Å². The average molecular weight is 366 g/mol. The van der Waals surface area contributed by atoms with Crippen LogP contribution in [0.1, 0.15) is 23.7 Å². The zero-order valence-electron chi connectivity index (χ0n) is 14.2. The second-order valence-electron chi connectivity index (χ2n) is 5.77. The molecule has 26 heavy (non-hydrogen) atoms. The highest BCUT2D eigenvalue weighted by atomic mass is 32.1. The Kier molecular flexibility index (Phi) is 5.70. The van der Waals surface area contributed by atoms with Crippen molar-refractivity contribution in [3.05, 3.63) is 66.2 Å². The number of nitrogens with one attached hydrogen (secondary N) is 2. The Balaban J connectivity index is 1.52. The zero-order chi connectivity index (χ0) is 18.4. The van der Waals surface area contributed by atoms with Crippen LogP contribution in [-0.2, 0) is 4.79 Å². The van der Waals surface area contributed by atoms with E-state index in [0.717, 1.165) is 10.6 Å². The number of rotatable bonds is 6. The van der Waals surface area contributed by atoms with Crippen molar-refractivity contribution in [3.63, 3.8) is 0 Å². The lowest BCUT2D eigenvalue weighted by atomic mass is 10.1. The summed E-state index contributed by atoms with van der Waals surface area (Å²) < 4.78 is 0. The van der Waals surface area contributed by atoms with E-state index < -0.39 is 0 Å². The first kappa shape index (κ1) is 17.8. The van der Waals surface area contributed by atoms with Crippen LogP contribution in [0, 0.1) is 0 Å². The van der Waals surface area contributed by atoms with E-state index in [-0.39, 0.29) is 24.3 Å². The Bertz CT molecular complexity index is 881. The minimum atomic E-state index is -0.302. The lowest BCUT2D eigenvalue weighted by Crippen LogP contribution is -2.35. The molecule has 7 heteroatoms. The third-order valence-electron chi connectivity index (χ3n) is 3.60. The maximum absolute atomic E-state index is 12.2. The van der Waals surface area contributed by atoms with Crippen molar-refractivity contribution < 1.29 is 9.59 Å². The van der Waals surface area contributed by atoms with Crippen LogP contribution >= 0.6 is 11.3 Å². The molecule has 0 aliphatic carbocycles. The summed E-state index contributed by atoms with van der Waals surface area (Å²) in [6.45, 7) is 1.79. The van der Waals surface area contributed by atoms with Crippen LogP contribution in [0.3, 0.4) is 0 Å². The van der Waals surface area contributed by atoms with E-state index in [2.05, 4.69) is 20.8 Å². The van der Waals surface area contributed by atoms with Gasteiger partial charge in [-0.2, -0.15) is 0 Å². The first-order valence-corrected chi connectivity index (χ1v) is 8.98. The average Bonchev–Trinajstić information content (AvgIpc) is 3.11. The van der Waals surface area contributed by atoms with E-state index in [1.807, 2.05) is 36.4 Å². The molecule has 0 spiro atoms. The number of carbonyl (C=O) groups is 2. The summed E-state index contributed by atoms with van der Waals surface area (Å²) in [6.07, 6.45) is 0.152. The van der Waals surface area contributed by atoms with Crippen molar-refractivity contribution in [1.82, 2.24) is 15.5 Å². The van der Waals surface area contributed by atoms with Crippen molar-refractivity contribution in [1.29, 1.82) is 0 Å². The fraction of sp³-hybridized carbons (Fsp3) is 0.158. The highest BCUT2D eigenvalue weighted by Gasteiger charge is 2.15. The number of amides is 2. The largest absolute Gasteiger partial charge is 0.349 e. The minimum Gasteiger partial charge on any atom is -0.349 e. The molecule has 0 radical (unpaired) electrons. The van der Waals surface area contributed by atoms with Gasteiger partial charge in [-0.3, -0.25) is 9.59 Å². The second kappa shape index (κ2) is 8.35. The van der Waals surface area contributed by atoms with Gasteiger partial charge in [0.1, 0.15) is 5.01 Å². The number of hydrogen-bond donors (Lipinski definition) is 2. The molecule has 1 unspecified atom stereocenters. The van der Waals surface area contributed by atoms with Crippen molar-refractivity contribution >= 4 is 28.3 Å². The molecule has 1 aromatic heterocycles. The molecular weight excluding hydrogens is 348 g/mol. The Morgan fingerprint density at radius 3 is 2.35 bits per heavy atom. The maximum Gasteiger partial charge on any atom is 0.251 e. The third kappa shape index (κ3) is 4.73. The summed E-state index contributed by atoms with van der Waals surface area (Å²) in [6, 6.07) is 18.3. The van der Waals surface area contributed by atoms with Gasteiger partial charge in [-0.25, -0.2) is 0 Å². The SMILES string of the molecule is CC(CC(=O)Nc1nnc(-c2ccccc2)s1)NC(=O)c1ccccc1. The molecule has 1 heterocycles. The molecule has 0 bridgehead atoms. The molecule has 3 rings (SSSR count). The highest BCUT2D eigenvalue weighted by Crippen LogP contribution is 2.25. The molecule has 2 aromatic carbocycles. The highest BCUT2D eigenvalue weighted by molar-refractivity contribution is 7.18. The monoisotopic (exact) mass is 366 g/mol. The molecule has 1 atom stereocenters. The van der Waals surface area contributed by atoms with Gasteiger partial charge in [0.05, 0.1) is 0 Å². The number of nitrogens with zero attached hydrogens (tertiary/aromatic N) is 2. The molecule has 2 amide bonds. The van der Waals surface area contributed by atoms with E-state index >= 15 is 0 Å². The van der Waals surface area contributed by atoms with Crippen LogP contribution in [-0.4, -0.2) is 28.1 Å². The molecular formula is C19H18N4O2S.